The summed E-state index contributed by atoms with van der Waals surface area (Å²) in [6.45, 7) is 1.35. The lowest BCUT2D eigenvalue weighted by molar-refractivity contribution is -0.0441. The minimum absolute atomic E-state index is 0.200. The Morgan fingerprint density at radius 1 is 1.45 bits per heavy atom. The van der Waals surface area contributed by atoms with Crippen molar-refractivity contribution in [3.8, 4) is 0 Å². The van der Waals surface area contributed by atoms with Gasteiger partial charge in [0.25, 0.3) is 0 Å². The van der Waals surface area contributed by atoms with E-state index in [0.717, 1.165) is 5.56 Å². The summed E-state index contributed by atoms with van der Waals surface area (Å²) in [6.07, 6.45) is 4.21. The van der Waals surface area contributed by atoms with Crippen LogP contribution in [0.4, 0.5) is 0 Å². The molecule has 0 atom stereocenters. The van der Waals surface area contributed by atoms with Crippen LogP contribution >= 0.6 is 0 Å². The zero-order valence-corrected chi connectivity index (χ0v) is 5.99. The molecule has 2 rings (SSSR count). The monoisotopic (exact) mass is 150 g/mol. The summed E-state index contributed by atoms with van der Waals surface area (Å²) in [5.41, 5.74) is 0.984. The normalized spacial score (nSPS) is 18.9. The van der Waals surface area contributed by atoms with Crippen LogP contribution in [0.3, 0.4) is 0 Å². The van der Waals surface area contributed by atoms with Crippen LogP contribution in [0.15, 0.2) is 18.3 Å². The van der Waals surface area contributed by atoms with E-state index in [4.69, 9.17) is 9.47 Å². The Hall–Kier alpha value is -0.930. The third-order valence-electron chi connectivity index (χ3n) is 1.54. The number of nitrogens with zero attached hydrogens (tertiary/aromatic N) is 1. The van der Waals surface area contributed by atoms with Crippen LogP contribution in [0.5, 0.6) is 0 Å². The summed E-state index contributed by atoms with van der Waals surface area (Å²) >= 11 is 0. The van der Waals surface area contributed by atoms with Crippen LogP contribution in [-0.4, -0.2) is 18.2 Å². The Labute approximate surface area is 65.0 Å². The van der Waals surface area contributed by atoms with Crippen LogP contribution in [0.1, 0.15) is 11.9 Å². The summed E-state index contributed by atoms with van der Waals surface area (Å²) in [7, 11) is 0. The Balaban J connectivity index is 2.16. The molecule has 0 amide bonds. The van der Waals surface area contributed by atoms with Gasteiger partial charge in [0.2, 0.25) is 0 Å². The number of rotatable bonds is 1. The molecule has 1 aliphatic rings. The quantitative estimate of drug-likeness (QED) is 0.596. The second-order valence-electron chi connectivity index (χ2n) is 2.29. The first-order valence-electron chi connectivity index (χ1n) is 3.52. The molecule has 0 aromatic carbocycles. The van der Waals surface area contributed by atoms with Gasteiger partial charge in [-0.2, -0.15) is 0 Å². The topological polar surface area (TPSA) is 31.4 Å². The van der Waals surface area contributed by atoms with Gasteiger partial charge in [-0.15, -0.1) is 0 Å². The van der Waals surface area contributed by atoms with Crippen molar-refractivity contribution in [2.45, 2.75) is 6.29 Å². The Kier molecular flexibility index (Phi) is 1.83. The van der Waals surface area contributed by atoms with E-state index in [2.05, 4.69) is 11.2 Å². The lowest BCUT2D eigenvalue weighted by Crippen LogP contribution is -1.97. The van der Waals surface area contributed by atoms with Crippen LogP contribution in [0.2, 0.25) is 0 Å². The number of pyridine rings is 1. The van der Waals surface area contributed by atoms with E-state index in [1.54, 1.807) is 12.3 Å². The van der Waals surface area contributed by atoms with Gasteiger partial charge in [0.1, 0.15) is 0 Å². The van der Waals surface area contributed by atoms with Crippen LogP contribution in [-0.2, 0) is 9.47 Å². The standard InChI is InChI=1S/C8H8NO2/c1-3-9-4-2-7(1)8-10-5-6-11-8/h1-3,8H,5-6H2. The van der Waals surface area contributed by atoms with Gasteiger partial charge >= 0.3 is 0 Å². The van der Waals surface area contributed by atoms with E-state index < -0.39 is 0 Å². The highest BCUT2D eigenvalue weighted by Gasteiger charge is 2.17. The number of hydrogen-bond acceptors (Lipinski definition) is 3. The molecule has 0 bridgehead atoms. The highest BCUT2D eigenvalue weighted by molar-refractivity contribution is 5.10. The third kappa shape index (κ3) is 1.39. The summed E-state index contributed by atoms with van der Waals surface area (Å²) in [4.78, 5) is 3.78. The molecule has 0 saturated carbocycles. The Bertz CT molecular complexity index is 219. The maximum atomic E-state index is 5.27. The summed E-state index contributed by atoms with van der Waals surface area (Å²) in [5.74, 6) is 0. The highest BCUT2D eigenvalue weighted by Crippen LogP contribution is 2.21. The molecule has 3 nitrogen and oxygen atoms in total. The SMILES string of the molecule is [c]1cc(C2OCCO2)ccn1. The maximum Gasteiger partial charge on any atom is 0.184 e. The van der Waals surface area contributed by atoms with Gasteiger partial charge in [-0.3, -0.25) is 4.98 Å². The van der Waals surface area contributed by atoms with Crippen molar-refractivity contribution in [2.24, 2.45) is 0 Å². The Morgan fingerprint density at radius 2 is 2.27 bits per heavy atom. The van der Waals surface area contributed by atoms with Gasteiger partial charge in [-0.25, -0.2) is 0 Å². The molecule has 0 unspecified atom stereocenters. The van der Waals surface area contributed by atoms with Crippen molar-refractivity contribution in [2.75, 3.05) is 13.2 Å². The lowest BCUT2D eigenvalue weighted by atomic mass is 10.3. The second kappa shape index (κ2) is 2.98. The van der Waals surface area contributed by atoms with Gasteiger partial charge in [-0.05, 0) is 12.1 Å². The molecular weight excluding hydrogens is 142 g/mol. The van der Waals surface area contributed by atoms with E-state index in [1.807, 2.05) is 6.07 Å². The van der Waals surface area contributed by atoms with E-state index in [9.17, 15) is 0 Å². The van der Waals surface area contributed by atoms with Gasteiger partial charge < -0.3 is 9.47 Å². The zero-order chi connectivity index (χ0) is 7.52. The molecule has 1 fully saturated rings. The maximum absolute atomic E-state index is 5.27. The largest absolute Gasteiger partial charge is 0.346 e. The van der Waals surface area contributed by atoms with Crippen molar-refractivity contribution in [3.63, 3.8) is 0 Å². The van der Waals surface area contributed by atoms with E-state index >= 15 is 0 Å². The molecule has 3 heteroatoms. The highest BCUT2D eigenvalue weighted by atomic mass is 16.7. The smallest absolute Gasteiger partial charge is 0.184 e. The predicted molar refractivity (Wildman–Crippen MR) is 37.7 cm³/mol. The third-order valence-corrected chi connectivity index (χ3v) is 1.54. The first kappa shape index (κ1) is 6.76. The van der Waals surface area contributed by atoms with Gasteiger partial charge in [0.05, 0.1) is 19.4 Å². The van der Waals surface area contributed by atoms with Crippen molar-refractivity contribution in [1.82, 2.24) is 4.98 Å². The van der Waals surface area contributed by atoms with E-state index in [-0.39, 0.29) is 6.29 Å². The first-order chi connectivity index (χ1) is 5.47. The zero-order valence-electron chi connectivity index (χ0n) is 5.99. The number of ether oxygens (including phenoxy) is 2. The molecule has 1 aliphatic heterocycles. The molecule has 57 valence electrons. The number of hydrogen-bond donors (Lipinski definition) is 0. The molecule has 0 N–H and O–H groups in total. The van der Waals surface area contributed by atoms with Crippen LogP contribution < -0.4 is 0 Å². The molecule has 2 heterocycles. The molecule has 1 aromatic heterocycles. The minimum atomic E-state index is -0.200. The molecule has 1 aromatic rings. The molecule has 1 radical (unpaired) electrons. The minimum Gasteiger partial charge on any atom is -0.346 e. The number of aromatic nitrogens is 1. The summed E-state index contributed by atoms with van der Waals surface area (Å²) in [6, 6.07) is 3.64. The van der Waals surface area contributed by atoms with Gasteiger partial charge in [0.15, 0.2) is 6.29 Å². The van der Waals surface area contributed by atoms with Crippen molar-refractivity contribution in [3.05, 3.63) is 30.1 Å². The summed E-state index contributed by atoms with van der Waals surface area (Å²) in [5, 5.41) is 0. The average molecular weight is 150 g/mol. The van der Waals surface area contributed by atoms with E-state index in [0.29, 0.717) is 13.2 Å². The first-order valence-corrected chi connectivity index (χ1v) is 3.52. The fourth-order valence-corrected chi connectivity index (χ4v) is 1.02. The lowest BCUT2D eigenvalue weighted by Gasteiger charge is -2.06. The van der Waals surface area contributed by atoms with Crippen molar-refractivity contribution >= 4 is 0 Å². The van der Waals surface area contributed by atoms with Crippen molar-refractivity contribution in [1.29, 1.82) is 0 Å². The molecule has 11 heavy (non-hydrogen) atoms. The molecular formula is C8H8NO2. The van der Waals surface area contributed by atoms with Crippen LogP contribution in [0.25, 0.3) is 0 Å². The molecule has 0 aliphatic carbocycles. The summed E-state index contributed by atoms with van der Waals surface area (Å²) < 4.78 is 10.5. The van der Waals surface area contributed by atoms with Gasteiger partial charge in [-0.1, -0.05) is 0 Å². The van der Waals surface area contributed by atoms with Crippen LogP contribution in [0, 0.1) is 6.20 Å². The van der Waals surface area contributed by atoms with Gasteiger partial charge in [0, 0.05) is 11.8 Å². The second-order valence-corrected chi connectivity index (χ2v) is 2.29. The Morgan fingerprint density at radius 3 is 2.91 bits per heavy atom. The predicted octanol–water partition coefficient (Wildman–Crippen LogP) is 0.927. The molecule has 1 saturated heterocycles. The average Bonchev–Trinajstić information content (AvgIpc) is 2.58. The van der Waals surface area contributed by atoms with Crippen molar-refractivity contribution < 1.29 is 9.47 Å². The molecule has 0 spiro atoms. The fraction of sp³-hybridized carbons (Fsp3) is 0.375. The fourth-order valence-electron chi connectivity index (χ4n) is 1.02. The van der Waals surface area contributed by atoms with E-state index in [1.165, 1.54) is 0 Å².